The number of para-hydroxylation sites is 1. The molecule has 1 heterocycles. The number of anilines is 1. The molecule has 0 bridgehead atoms. The maximum absolute atomic E-state index is 12.2. The quantitative estimate of drug-likeness (QED) is 0.857. The van der Waals surface area contributed by atoms with Gasteiger partial charge in [0.25, 0.3) is 11.8 Å². The first kappa shape index (κ1) is 19.4. The lowest BCUT2D eigenvalue weighted by Crippen LogP contribution is -2.43. The number of hydrogen-bond acceptors (Lipinski definition) is 4. The van der Waals surface area contributed by atoms with Crippen molar-refractivity contribution in [2.24, 2.45) is 0 Å². The molecule has 1 fully saturated rings. The average molecular weight is 348 g/mol. The first-order chi connectivity index (χ1) is 12.0. The lowest BCUT2D eigenvalue weighted by molar-refractivity contribution is -0.142. The number of ether oxygens (including phenoxy) is 2. The third kappa shape index (κ3) is 4.80. The zero-order valence-electron chi connectivity index (χ0n) is 15.5. The summed E-state index contributed by atoms with van der Waals surface area (Å²) in [7, 11) is 3.07. The van der Waals surface area contributed by atoms with Crippen LogP contribution in [0.2, 0.25) is 0 Å². The summed E-state index contributed by atoms with van der Waals surface area (Å²) in [6, 6.07) is 7.86. The van der Waals surface area contributed by atoms with Gasteiger partial charge in [0.15, 0.2) is 0 Å². The average Bonchev–Trinajstić information content (AvgIpc) is 2.66. The number of carbonyl (C=O) groups is 2. The topological polar surface area (TPSA) is 67.9 Å². The van der Waals surface area contributed by atoms with E-state index in [1.54, 1.807) is 21.0 Å². The van der Waals surface area contributed by atoms with E-state index in [0.717, 1.165) is 24.1 Å². The van der Waals surface area contributed by atoms with Gasteiger partial charge in [-0.1, -0.05) is 18.2 Å². The second-order valence-corrected chi connectivity index (χ2v) is 6.43. The molecular formula is C19H28N2O4. The number of piperidine rings is 1. The van der Waals surface area contributed by atoms with Crippen molar-refractivity contribution in [2.75, 3.05) is 32.6 Å². The number of rotatable bonds is 6. The molecule has 6 heteroatoms. The molecule has 0 radical (unpaired) electrons. The molecule has 6 nitrogen and oxygen atoms in total. The van der Waals surface area contributed by atoms with Gasteiger partial charge in [-0.2, -0.15) is 0 Å². The minimum Gasteiger partial charge on any atom is -0.372 e. The minimum absolute atomic E-state index is 0.0384. The fourth-order valence-electron chi connectivity index (χ4n) is 3.08. The van der Waals surface area contributed by atoms with Crippen LogP contribution in [0.1, 0.15) is 38.2 Å². The van der Waals surface area contributed by atoms with Gasteiger partial charge < -0.3 is 19.7 Å². The molecule has 1 aliphatic rings. The van der Waals surface area contributed by atoms with Crippen molar-refractivity contribution >= 4 is 17.5 Å². The van der Waals surface area contributed by atoms with E-state index in [1.165, 1.54) is 7.11 Å². The molecule has 0 spiro atoms. The summed E-state index contributed by atoms with van der Waals surface area (Å²) in [6.45, 7) is 4.90. The Kier molecular flexibility index (Phi) is 6.96. The molecule has 2 amide bonds. The fraction of sp³-hybridized carbons (Fsp3) is 0.579. The van der Waals surface area contributed by atoms with Crippen LogP contribution in [-0.4, -0.2) is 56.2 Å². The summed E-state index contributed by atoms with van der Waals surface area (Å²) in [5.74, 6) is 0.198. The van der Waals surface area contributed by atoms with Crippen molar-refractivity contribution in [3.05, 3.63) is 29.8 Å². The Labute approximate surface area is 149 Å². The predicted octanol–water partition coefficient (Wildman–Crippen LogP) is 2.40. The molecule has 2 rings (SSSR count). The first-order valence-electron chi connectivity index (χ1n) is 8.72. The van der Waals surface area contributed by atoms with Gasteiger partial charge in [-0.05, 0) is 44.2 Å². The van der Waals surface area contributed by atoms with E-state index in [4.69, 9.17) is 9.47 Å². The third-order valence-corrected chi connectivity index (χ3v) is 4.89. The van der Waals surface area contributed by atoms with Crippen molar-refractivity contribution in [2.45, 2.75) is 44.8 Å². The molecule has 1 N–H and O–H groups in total. The number of carbonyl (C=O) groups excluding carboxylic acids is 2. The Morgan fingerprint density at radius 3 is 2.28 bits per heavy atom. The predicted molar refractivity (Wildman–Crippen MR) is 96.6 cm³/mol. The zero-order chi connectivity index (χ0) is 18.4. The zero-order valence-corrected chi connectivity index (χ0v) is 15.5. The minimum atomic E-state index is -0.497. The van der Waals surface area contributed by atoms with E-state index < -0.39 is 12.2 Å². The molecular weight excluding hydrogens is 320 g/mol. The fourth-order valence-corrected chi connectivity index (χ4v) is 3.08. The van der Waals surface area contributed by atoms with Gasteiger partial charge in [0.05, 0.1) is 0 Å². The molecule has 0 aromatic heterocycles. The van der Waals surface area contributed by atoms with E-state index in [0.29, 0.717) is 19.0 Å². The van der Waals surface area contributed by atoms with Crippen LogP contribution < -0.4 is 5.32 Å². The van der Waals surface area contributed by atoms with Crippen molar-refractivity contribution in [1.29, 1.82) is 0 Å². The molecule has 1 saturated heterocycles. The summed E-state index contributed by atoms with van der Waals surface area (Å²) < 4.78 is 10.2. The number of likely N-dealkylation sites (tertiary alicyclic amines) is 1. The number of amides is 2. The Morgan fingerprint density at radius 1 is 1.08 bits per heavy atom. The van der Waals surface area contributed by atoms with Crippen LogP contribution in [-0.2, 0) is 19.1 Å². The SMILES string of the molecule is CO[C@@H](C)C(=O)Nc1ccccc1C1CCN(C(=O)[C@H](C)OC)CC1. The molecule has 0 unspecified atom stereocenters. The van der Waals surface area contributed by atoms with Gasteiger partial charge >= 0.3 is 0 Å². The van der Waals surface area contributed by atoms with Crippen molar-refractivity contribution in [3.8, 4) is 0 Å². The molecule has 1 aromatic rings. The Morgan fingerprint density at radius 2 is 1.68 bits per heavy atom. The number of nitrogens with zero attached hydrogens (tertiary/aromatic N) is 1. The first-order valence-corrected chi connectivity index (χ1v) is 8.72. The lowest BCUT2D eigenvalue weighted by atomic mass is 9.88. The highest BCUT2D eigenvalue weighted by Crippen LogP contribution is 2.33. The normalized spacial score (nSPS) is 17.8. The van der Waals surface area contributed by atoms with Crippen molar-refractivity contribution in [1.82, 2.24) is 4.90 Å². The Hall–Kier alpha value is -1.92. The van der Waals surface area contributed by atoms with Crippen LogP contribution in [0.3, 0.4) is 0 Å². The van der Waals surface area contributed by atoms with E-state index in [2.05, 4.69) is 5.32 Å². The van der Waals surface area contributed by atoms with Crippen LogP contribution in [0.15, 0.2) is 24.3 Å². The number of methoxy groups -OCH3 is 2. The Bertz CT molecular complexity index is 597. The molecule has 0 saturated carbocycles. The summed E-state index contributed by atoms with van der Waals surface area (Å²) in [5.41, 5.74) is 1.94. The van der Waals surface area contributed by atoms with Gasteiger partial charge in [-0.3, -0.25) is 9.59 Å². The van der Waals surface area contributed by atoms with E-state index in [1.807, 2.05) is 29.2 Å². The van der Waals surface area contributed by atoms with Crippen LogP contribution in [0.5, 0.6) is 0 Å². The molecule has 138 valence electrons. The summed E-state index contributed by atoms with van der Waals surface area (Å²) in [4.78, 5) is 26.2. The number of benzene rings is 1. The maximum atomic E-state index is 12.2. The van der Waals surface area contributed by atoms with Crippen LogP contribution in [0, 0.1) is 0 Å². The summed E-state index contributed by atoms with van der Waals surface area (Å²) in [6.07, 6.45) is 0.839. The highest BCUT2D eigenvalue weighted by Gasteiger charge is 2.28. The molecule has 1 aromatic carbocycles. The second-order valence-electron chi connectivity index (χ2n) is 6.43. The maximum Gasteiger partial charge on any atom is 0.253 e. The molecule has 0 aliphatic carbocycles. The standard InChI is InChI=1S/C19H28N2O4/c1-13(24-3)18(22)20-17-8-6-5-7-16(17)15-9-11-21(12-10-15)19(23)14(2)25-4/h5-8,13-15H,9-12H2,1-4H3,(H,20,22)/t13-,14-/m0/s1. The van der Waals surface area contributed by atoms with Gasteiger partial charge in [-0.25, -0.2) is 0 Å². The van der Waals surface area contributed by atoms with Gasteiger partial charge in [0.1, 0.15) is 12.2 Å². The molecule has 2 atom stereocenters. The van der Waals surface area contributed by atoms with E-state index in [9.17, 15) is 9.59 Å². The lowest BCUT2D eigenvalue weighted by Gasteiger charge is -2.34. The van der Waals surface area contributed by atoms with Crippen LogP contribution in [0.4, 0.5) is 5.69 Å². The van der Waals surface area contributed by atoms with Crippen molar-refractivity contribution in [3.63, 3.8) is 0 Å². The molecule has 1 aliphatic heterocycles. The number of nitrogens with one attached hydrogen (secondary N) is 1. The number of hydrogen-bond donors (Lipinski definition) is 1. The van der Waals surface area contributed by atoms with Gasteiger partial charge in [0.2, 0.25) is 0 Å². The highest BCUT2D eigenvalue weighted by atomic mass is 16.5. The monoisotopic (exact) mass is 348 g/mol. The Balaban J connectivity index is 2.04. The van der Waals surface area contributed by atoms with E-state index in [-0.39, 0.29) is 11.8 Å². The summed E-state index contributed by atoms with van der Waals surface area (Å²) >= 11 is 0. The van der Waals surface area contributed by atoms with Crippen LogP contribution in [0.25, 0.3) is 0 Å². The summed E-state index contributed by atoms with van der Waals surface area (Å²) in [5, 5.41) is 2.96. The smallest absolute Gasteiger partial charge is 0.253 e. The van der Waals surface area contributed by atoms with Gasteiger partial charge in [0, 0.05) is 33.0 Å². The van der Waals surface area contributed by atoms with Crippen LogP contribution >= 0.6 is 0 Å². The third-order valence-electron chi connectivity index (χ3n) is 4.89. The highest BCUT2D eigenvalue weighted by molar-refractivity contribution is 5.94. The van der Waals surface area contributed by atoms with Gasteiger partial charge in [-0.15, -0.1) is 0 Å². The largest absolute Gasteiger partial charge is 0.372 e. The second kappa shape index (κ2) is 8.97. The molecule has 25 heavy (non-hydrogen) atoms. The van der Waals surface area contributed by atoms with Crippen molar-refractivity contribution < 1.29 is 19.1 Å². The van der Waals surface area contributed by atoms with E-state index >= 15 is 0 Å².